The lowest BCUT2D eigenvalue weighted by Gasteiger charge is -2.37. The minimum Gasteiger partial charge on any atom is -0.389 e. The Morgan fingerprint density at radius 2 is 2.15 bits per heavy atom. The predicted octanol–water partition coefficient (Wildman–Crippen LogP) is 2.02. The van der Waals surface area contributed by atoms with Crippen molar-refractivity contribution < 1.29 is 5.11 Å². The summed E-state index contributed by atoms with van der Waals surface area (Å²) in [6, 6.07) is 0. The second-order valence-electron chi connectivity index (χ2n) is 4.52. The van der Waals surface area contributed by atoms with E-state index < -0.39 is 0 Å². The van der Waals surface area contributed by atoms with Gasteiger partial charge in [0.25, 0.3) is 0 Å². The van der Waals surface area contributed by atoms with Crippen molar-refractivity contribution in [2.75, 3.05) is 20.1 Å². The molecule has 0 spiro atoms. The lowest BCUT2D eigenvalue weighted by Crippen LogP contribution is -2.46. The van der Waals surface area contributed by atoms with Crippen molar-refractivity contribution in [3.05, 3.63) is 0 Å². The smallest absolute Gasteiger partial charge is 0.0774 e. The zero-order valence-corrected chi connectivity index (χ0v) is 9.05. The van der Waals surface area contributed by atoms with E-state index in [9.17, 15) is 5.11 Å². The molecule has 1 unspecified atom stereocenters. The molecule has 0 aliphatic carbocycles. The Bertz CT molecular complexity index is 149. The van der Waals surface area contributed by atoms with Gasteiger partial charge in [0.2, 0.25) is 0 Å². The number of nitrogens with zero attached hydrogens (tertiary/aromatic N) is 1. The maximum Gasteiger partial charge on any atom is 0.0774 e. The van der Waals surface area contributed by atoms with Crippen molar-refractivity contribution in [2.45, 2.75) is 51.0 Å². The molecule has 1 aliphatic heterocycles. The molecular formula is C11H23NO. The van der Waals surface area contributed by atoms with Gasteiger partial charge in [-0.3, -0.25) is 0 Å². The molecule has 0 aromatic carbocycles. The van der Waals surface area contributed by atoms with Gasteiger partial charge in [-0.2, -0.15) is 0 Å². The van der Waals surface area contributed by atoms with E-state index in [4.69, 9.17) is 0 Å². The summed E-state index contributed by atoms with van der Waals surface area (Å²) < 4.78 is 0. The molecule has 0 bridgehead atoms. The van der Waals surface area contributed by atoms with Crippen LogP contribution in [-0.2, 0) is 0 Å². The van der Waals surface area contributed by atoms with Crippen molar-refractivity contribution in [3.8, 4) is 0 Å². The van der Waals surface area contributed by atoms with Gasteiger partial charge in [0.05, 0.1) is 5.60 Å². The normalized spacial score (nSPS) is 30.7. The highest BCUT2D eigenvalue weighted by Gasteiger charge is 2.30. The van der Waals surface area contributed by atoms with Crippen molar-refractivity contribution in [1.29, 1.82) is 0 Å². The molecule has 1 aliphatic rings. The molecule has 0 radical (unpaired) electrons. The van der Waals surface area contributed by atoms with Crippen LogP contribution >= 0.6 is 0 Å². The van der Waals surface area contributed by atoms with Crippen LogP contribution in [0.4, 0.5) is 0 Å². The van der Waals surface area contributed by atoms with Crippen LogP contribution in [0.3, 0.4) is 0 Å². The van der Waals surface area contributed by atoms with Crippen molar-refractivity contribution in [1.82, 2.24) is 4.90 Å². The third kappa shape index (κ3) is 3.65. The number of likely N-dealkylation sites (N-methyl/N-ethyl adjacent to an activating group) is 1. The van der Waals surface area contributed by atoms with E-state index in [1.807, 2.05) is 0 Å². The standard InChI is InChI=1S/C11H23NO/c1-3-4-5-7-11(13)8-6-9-12(2)10-11/h13H,3-10H2,1-2H3. The van der Waals surface area contributed by atoms with Gasteiger partial charge in [-0.1, -0.05) is 26.2 Å². The quantitative estimate of drug-likeness (QED) is 0.677. The molecule has 1 fully saturated rings. The van der Waals surface area contributed by atoms with Crippen LogP contribution in [0.1, 0.15) is 45.4 Å². The Morgan fingerprint density at radius 1 is 1.38 bits per heavy atom. The second kappa shape index (κ2) is 4.97. The zero-order chi connectivity index (χ0) is 9.73. The number of piperidine rings is 1. The van der Waals surface area contributed by atoms with E-state index in [1.54, 1.807) is 0 Å². The number of hydrogen-bond acceptors (Lipinski definition) is 2. The average Bonchev–Trinajstić information content (AvgIpc) is 2.04. The monoisotopic (exact) mass is 185 g/mol. The number of hydrogen-bond donors (Lipinski definition) is 1. The van der Waals surface area contributed by atoms with Crippen LogP contribution in [-0.4, -0.2) is 35.7 Å². The second-order valence-corrected chi connectivity index (χ2v) is 4.52. The molecule has 0 amide bonds. The van der Waals surface area contributed by atoms with Crippen LogP contribution in [0.5, 0.6) is 0 Å². The minimum absolute atomic E-state index is 0.373. The van der Waals surface area contributed by atoms with Crippen LogP contribution in [0.2, 0.25) is 0 Å². The fourth-order valence-electron chi connectivity index (χ4n) is 2.25. The predicted molar refractivity (Wildman–Crippen MR) is 55.8 cm³/mol. The van der Waals surface area contributed by atoms with E-state index in [2.05, 4.69) is 18.9 Å². The van der Waals surface area contributed by atoms with Gasteiger partial charge < -0.3 is 10.0 Å². The van der Waals surface area contributed by atoms with E-state index in [0.717, 1.165) is 32.4 Å². The summed E-state index contributed by atoms with van der Waals surface area (Å²) in [4.78, 5) is 2.25. The van der Waals surface area contributed by atoms with Crippen LogP contribution in [0.25, 0.3) is 0 Å². The number of β-amino-alcohol motifs (C(OH)–C–C–N with tert-alkyl or cyclic N) is 1. The maximum atomic E-state index is 10.2. The molecule has 78 valence electrons. The fourth-order valence-corrected chi connectivity index (χ4v) is 2.25. The summed E-state index contributed by atoms with van der Waals surface area (Å²) in [6.07, 6.45) is 6.82. The first-order valence-electron chi connectivity index (χ1n) is 5.57. The average molecular weight is 185 g/mol. The SMILES string of the molecule is CCCCCC1(O)CCCN(C)C1. The summed E-state index contributed by atoms with van der Waals surface area (Å²) in [5, 5.41) is 10.2. The topological polar surface area (TPSA) is 23.5 Å². The number of likely N-dealkylation sites (tertiary alicyclic amines) is 1. The van der Waals surface area contributed by atoms with Gasteiger partial charge in [0.15, 0.2) is 0 Å². The lowest BCUT2D eigenvalue weighted by molar-refractivity contribution is -0.0310. The van der Waals surface area contributed by atoms with E-state index >= 15 is 0 Å². The van der Waals surface area contributed by atoms with Gasteiger partial charge in [-0.05, 0) is 32.9 Å². The molecule has 0 aromatic rings. The van der Waals surface area contributed by atoms with Gasteiger partial charge in [0.1, 0.15) is 0 Å². The zero-order valence-electron chi connectivity index (χ0n) is 9.05. The molecule has 13 heavy (non-hydrogen) atoms. The number of rotatable bonds is 4. The first-order chi connectivity index (χ1) is 6.16. The summed E-state index contributed by atoms with van der Waals surface area (Å²) >= 11 is 0. The largest absolute Gasteiger partial charge is 0.389 e. The number of unbranched alkanes of at least 4 members (excludes halogenated alkanes) is 2. The van der Waals surface area contributed by atoms with E-state index in [0.29, 0.717) is 0 Å². The molecule has 1 rings (SSSR count). The third-order valence-electron chi connectivity index (χ3n) is 2.99. The van der Waals surface area contributed by atoms with Crippen molar-refractivity contribution in [3.63, 3.8) is 0 Å². The van der Waals surface area contributed by atoms with Crippen molar-refractivity contribution >= 4 is 0 Å². The molecule has 1 saturated heterocycles. The first-order valence-corrected chi connectivity index (χ1v) is 5.57. The molecule has 2 heteroatoms. The Hall–Kier alpha value is -0.0800. The Labute approximate surface area is 81.9 Å². The summed E-state index contributed by atoms with van der Waals surface area (Å²) in [7, 11) is 2.10. The van der Waals surface area contributed by atoms with Gasteiger partial charge in [0, 0.05) is 6.54 Å². The molecule has 0 saturated carbocycles. The van der Waals surface area contributed by atoms with Crippen molar-refractivity contribution in [2.24, 2.45) is 0 Å². The molecule has 1 N–H and O–H groups in total. The Morgan fingerprint density at radius 3 is 2.77 bits per heavy atom. The molecule has 1 heterocycles. The van der Waals surface area contributed by atoms with Gasteiger partial charge in [-0.15, -0.1) is 0 Å². The van der Waals surface area contributed by atoms with Crippen LogP contribution in [0, 0.1) is 0 Å². The molecule has 2 nitrogen and oxygen atoms in total. The highest BCUT2D eigenvalue weighted by molar-refractivity contribution is 4.85. The Balaban J connectivity index is 2.27. The number of aliphatic hydroxyl groups is 1. The summed E-state index contributed by atoms with van der Waals surface area (Å²) in [5.74, 6) is 0. The van der Waals surface area contributed by atoms with Gasteiger partial charge in [-0.25, -0.2) is 0 Å². The van der Waals surface area contributed by atoms with Crippen LogP contribution in [0.15, 0.2) is 0 Å². The maximum absolute atomic E-state index is 10.2. The van der Waals surface area contributed by atoms with Crippen LogP contribution < -0.4 is 0 Å². The lowest BCUT2D eigenvalue weighted by atomic mass is 9.88. The molecule has 1 atom stereocenters. The Kier molecular flexibility index (Phi) is 4.20. The summed E-state index contributed by atoms with van der Waals surface area (Å²) in [6.45, 7) is 4.23. The minimum atomic E-state index is -0.373. The van der Waals surface area contributed by atoms with E-state index in [1.165, 1.54) is 19.3 Å². The van der Waals surface area contributed by atoms with E-state index in [-0.39, 0.29) is 5.60 Å². The summed E-state index contributed by atoms with van der Waals surface area (Å²) in [5.41, 5.74) is -0.373. The molecular weight excluding hydrogens is 162 g/mol. The third-order valence-corrected chi connectivity index (χ3v) is 2.99. The highest BCUT2D eigenvalue weighted by atomic mass is 16.3. The fraction of sp³-hybridized carbons (Fsp3) is 1.00. The highest BCUT2D eigenvalue weighted by Crippen LogP contribution is 2.25. The first kappa shape index (κ1) is 11.0. The van der Waals surface area contributed by atoms with Gasteiger partial charge >= 0.3 is 0 Å². The molecule has 0 aromatic heterocycles.